The van der Waals surface area contributed by atoms with Crippen LogP contribution in [0.4, 0.5) is 10.1 Å². The topological polar surface area (TPSA) is 58.2 Å². The lowest BCUT2D eigenvalue weighted by Gasteiger charge is -2.23. The predicted molar refractivity (Wildman–Crippen MR) is 69.8 cm³/mol. The largest absolute Gasteiger partial charge is 0.315 e. The van der Waals surface area contributed by atoms with E-state index in [1.807, 2.05) is 0 Å². The minimum absolute atomic E-state index is 0.0648. The van der Waals surface area contributed by atoms with Crippen LogP contribution in [0.25, 0.3) is 0 Å². The van der Waals surface area contributed by atoms with Gasteiger partial charge in [-0.2, -0.15) is 0 Å². The van der Waals surface area contributed by atoms with Crippen LogP contribution < -0.4 is 10.0 Å². The Hall–Kier alpha value is -0.850. The molecule has 0 radical (unpaired) electrons. The number of nitrogens with one attached hydrogen (secondary N) is 2. The van der Waals surface area contributed by atoms with Crippen LogP contribution in [0.3, 0.4) is 0 Å². The van der Waals surface area contributed by atoms with Crippen molar-refractivity contribution in [1.29, 1.82) is 0 Å². The number of anilines is 1. The molecule has 1 aromatic rings. The van der Waals surface area contributed by atoms with Crippen LogP contribution in [0, 0.1) is 5.82 Å². The van der Waals surface area contributed by atoms with Gasteiger partial charge in [0.05, 0.1) is 10.9 Å². The molecule has 100 valence electrons. The molecule has 1 aliphatic rings. The summed E-state index contributed by atoms with van der Waals surface area (Å²) in [6.07, 6.45) is 1.38. The summed E-state index contributed by atoms with van der Waals surface area (Å²) in [5.41, 5.74) is -0.0648. The van der Waals surface area contributed by atoms with Gasteiger partial charge in [-0.1, -0.05) is 11.6 Å². The van der Waals surface area contributed by atoms with Crippen LogP contribution in [-0.2, 0) is 10.0 Å². The van der Waals surface area contributed by atoms with E-state index in [-0.39, 0.29) is 10.7 Å². The van der Waals surface area contributed by atoms with E-state index in [0.717, 1.165) is 19.0 Å². The zero-order valence-corrected chi connectivity index (χ0v) is 11.2. The quantitative estimate of drug-likeness (QED) is 0.895. The summed E-state index contributed by atoms with van der Waals surface area (Å²) in [7, 11) is -3.57. The van der Waals surface area contributed by atoms with Gasteiger partial charge in [-0.3, -0.25) is 4.72 Å². The second kappa shape index (κ2) is 5.42. The molecule has 1 aliphatic heterocycles. The monoisotopic (exact) mass is 292 g/mol. The Morgan fingerprint density at radius 2 is 2.22 bits per heavy atom. The van der Waals surface area contributed by atoms with Gasteiger partial charge in [-0.05, 0) is 37.6 Å². The molecule has 0 aromatic heterocycles. The molecule has 18 heavy (non-hydrogen) atoms. The van der Waals surface area contributed by atoms with Crippen molar-refractivity contribution in [2.75, 3.05) is 17.8 Å². The molecule has 1 aromatic carbocycles. The van der Waals surface area contributed by atoms with Crippen LogP contribution in [0.15, 0.2) is 18.2 Å². The lowest BCUT2D eigenvalue weighted by Crippen LogP contribution is -2.41. The predicted octanol–water partition coefficient (Wildman–Crippen LogP) is 1.97. The maximum absolute atomic E-state index is 13.5. The SMILES string of the molecule is O=S(=O)(Nc1ccc(Cl)cc1F)C1CCCNC1. The Morgan fingerprint density at radius 3 is 2.83 bits per heavy atom. The van der Waals surface area contributed by atoms with Crippen molar-refractivity contribution in [3.05, 3.63) is 29.0 Å². The van der Waals surface area contributed by atoms with Crippen LogP contribution in [0.5, 0.6) is 0 Å². The summed E-state index contributed by atoms with van der Waals surface area (Å²) < 4.78 is 39.9. The number of piperidine rings is 1. The highest BCUT2D eigenvalue weighted by Gasteiger charge is 2.27. The molecule has 0 saturated carbocycles. The molecular formula is C11H14ClFN2O2S. The average molecular weight is 293 g/mol. The van der Waals surface area contributed by atoms with Crippen LogP contribution >= 0.6 is 11.6 Å². The fourth-order valence-corrected chi connectivity index (χ4v) is 3.51. The highest BCUT2D eigenvalue weighted by Crippen LogP contribution is 2.22. The van der Waals surface area contributed by atoms with Gasteiger partial charge >= 0.3 is 0 Å². The first kappa shape index (κ1) is 13.6. The van der Waals surface area contributed by atoms with Gasteiger partial charge in [0.15, 0.2) is 0 Å². The third-order valence-electron chi connectivity index (χ3n) is 2.87. The highest BCUT2D eigenvalue weighted by molar-refractivity contribution is 7.93. The average Bonchev–Trinajstić information content (AvgIpc) is 2.34. The smallest absolute Gasteiger partial charge is 0.236 e. The van der Waals surface area contributed by atoms with Crippen LogP contribution in [-0.4, -0.2) is 26.8 Å². The number of rotatable bonds is 3. The highest BCUT2D eigenvalue weighted by atomic mass is 35.5. The van der Waals surface area contributed by atoms with E-state index in [0.29, 0.717) is 13.0 Å². The third-order valence-corrected chi connectivity index (χ3v) is 4.89. The molecule has 1 saturated heterocycles. The molecule has 2 N–H and O–H groups in total. The minimum atomic E-state index is -3.57. The summed E-state index contributed by atoms with van der Waals surface area (Å²) in [6, 6.07) is 3.85. The normalized spacial score (nSPS) is 20.7. The number of hydrogen-bond donors (Lipinski definition) is 2. The minimum Gasteiger partial charge on any atom is -0.315 e. The Labute approximate surface area is 111 Å². The zero-order valence-electron chi connectivity index (χ0n) is 9.62. The van der Waals surface area contributed by atoms with E-state index < -0.39 is 21.1 Å². The molecule has 1 atom stereocenters. The molecular weight excluding hydrogens is 279 g/mol. The molecule has 0 amide bonds. The lowest BCUT2D eigenvalue weighted by atomic mass is 10.2. The standard InChI is InChI=1S/C11H14ClFN2O2S/c12-8-3-4-11(10(13)6-8)15-18(16,17)9-2-1-5-14-7-9/h3-4,6,9,14-15H,1-2,5,7H2. The van der Waals surface area contributed by atoms with Gasteiger partial charge in [0.2, 0.25) is 10.0 Å². The summed E-state index contributed by atoms with van der Waals surface area (Å²) in [6.45, 7) is 1.21. The molecule has 0 bridgehead atoms. The zero-order chi connectivity index (χ0) is 13.2. The fraction of sp³-hybridized carbons (Fsp3) is 0.455. The Morgan fingerprint density at radius 1 is 1.44 bits per heavy atom. The summed E-state index contributed by atoms with van der Waals surface area (Å²) in [5, 5.41) is 2.72. The Balaban J connectivity index is 2.16. The number of hydrogen-bond acceptors (Lipinski definition) is 3. The maximum atomic E-state index is 13.5. The Bertz CT molecular complexity index is 530. The Kier molecular flexibility index (Phi) is 4.09. The van der Waals surface area contributed by atoms with Crippen molar-refractivity contribution >= 4 is 27.3 Å². The first-order valence-electron chi connectivity index (χ1n) is 5.66. The molecule has 1 fully saturated rings. The van der Waals surface area contributed by atoms with E-state index >= 15 is 0 Å². The molecule has 1 unspecified atom stereocenters. The van der Waals surface area contributed by atoms with Crippen molar-refractivity contribution in [1.82, 2.24) is 5.32 Å². The van der Waals surface area contributed by atoms with Crippen LogP contribution in [0.2, 0.25) is 5.02 Å². The molecule has 0 aliphatic carbocycles. The van der Waals surface area contributed by atoms with E-state index in [9.17, 15) is 12.8 Å². The van der Waals surface area contributed by atoms with Gasteiger partial charge in [-0.25, -0.2) is 12.8 Å². The first-order chi connectivity index (χ1) is 8.49. The van der Waals surface area contributed by atoms with Crippen molar-refractivity contribution in [2.24, 2.45) is 0 Å². The third kappa shape index (κ3) is 3.13. The van der Waals surface area contributed by atoms with Crippen molar-refractivity contribution in [2.45, 2.75) is 18.1 Å². The van der Waals surface area contributed by atoms with Crippen molar-refractivity contribution in [3.8, 4) is 0 Å². The van der Waals surface area contributed by atoms with Crippen molar-refractivity contribution in [3.63, 3.8) is 0 Å². The number of benzene rings is 1. The molecule has 7 heteroatoms. The van der Waals surface area contributed by atoms with E-state index in [1.54, 1.807) is 0 Å². The number of sulfonamides is 1. The van der Waals surface area contributed by atoms with Gasteiger partial charge in [0.1, 0.15) is 5.82 Å². The van der Waals surface area contributed by atoms with E-state index in [2.05, 4.69) is 10.0 Å². The van der Waals surface area contributed by atoms with Crippen LogP contribution in [0.1, 0.15) is 12.8 Å². The second-order valence-electron chi connectivity index (χ2n) is 4.24. The van der Waals surface area contributed by atoms with Gasteiger partial charge in [0.25, 0.3) is 0 Å². The van der Waals surface area contributed by atoms with Gasteiger partial charge in [0, 0.05) is 11.6 Å². The van der Waals surface area contributed by atoms with E-state index in [4.69, 9.17) is 11.6 Å². The first-order valence-corrected chi connectivity index (χ1v) is 7.59. The van der Waals surface area contributed by atoms with Gasteiger partial charge in [-0.15, -0.1) is 0 Å². The summed E-state index contributed by atoms with van der Waals surface area (Å²) >= 11 is 5.61. The molecule has 0 spiro atoms. The lowest BCUT2D eigenvalue weighted by molar-refractivity contribution is 0.499. The number of halogens is 2. The summed E-state index contributed by atoms with van der Waals surface area (Å²) in [4.78, 5) is 0. The van der Waals surface area contributed by atoms with Crippen molar-refractivity contribution < 1.29 is 12.8 Å². The molecule has 2 rings (SSSR count). The fourth-order valence-electron chi connectivity index (χ4n) is 1.89. The maximum Gasteiger partial charge on any atom is 0.236 e. The molecule has 4 nitrogen and oxygen atoms in total. The van der Waals surface area contributed by atoms with E-state index in [1.165, 1.54) is 12.1 Å². The molecule has 1 heterocycles. The summed E-state index contributed by atoms with van der Waals surface area (Å²) in [5.74, 6) is -0.671. The van der Waals surface area contributed by atoms with Gasteiger partial charge < -0.3 is 5.32 Å². The second-order valence-corrected chi connectivity index (χ2v) is 6.64.